The zero-order valence-corrected chi connectivity index (χ0v) is 20.1. The summed E-state index contributed by atoms with van der Waals surface area (Å²) in [6.07, 6.45) is 2.63. The Bertz CT molecular complexity index is 945. The average molecular weight is 473 g/mol. The zero-order chi connectivity index (χ0) is 23.8. The Kier molecular flexibility index (Phi) is 12.1. The lowest BCUT2D eigenvalue weighted by Gasteiger charge is -2.08. The number of aryl methyl sites for hydroxylation is 2. The monoisotopic (exact) mass is 472 g/mol. The van der Waals surface area contributed by atoms with Gasteiger partial charge in [0, 0.05) is 31.5 Å². The molecule has 2 N–H and O–H groups in total. The minimum Gasteiger partial charge on any atom is -0.461 e. The lowest BCUT2D eigenvalue weighted by Crippen LogP contribution is -2.20. The van der Waals surface area contributed by atoms with E-state index in [9.17, 15) is 4.39 Å². The molecule has 186 valence electrons. The van der Waals surface area contributed by atoms with Crippen molar-refractivity contribution in [3.8, 4) is 0 Å². The minimum absolute atomic E-state index is 0.207. The van der Waals surface area contributed by atoms with E-state index in [2.05, 4.69) is 34.9 Å². The van der Waals surface area contributed by atoms with Crippen molar-refractivity contribution in [2.45, 2.75) is 25.8 Å². The third-order valence-electron chi connectivity index (χ3n) is 5.42. The predicted octanol–water partition coefficient (Wildman–Crippen LogP) is 4.11. The number of fused-ring (bicyclic) bond motifs is 1. The third kappa shape index (κ3) is 9.91. The van der Waals surface area contributed by atoms with Crippen LogP contribution in [0.1, 0.15) is 23.3 Å². The van der Waals surface area contributed by atoms with E-state index in [-0.39, 0.29) is 5.82 Å². The zero-order valence-electron chi connectivity index (χ0n) is 20.1. The largest absolute Gasteiger partial charge is 0.461 e. The summed E-state index contributed by atoms with van der Waals surface area (Å²) in [7, 11) is 1.94. The summed E-state index contributed by atoms with van der Waals surface area (Å²) in [6.45, 7) is 6.30. The van der Waals surface area contributed by atoms with Crippen molar-refractivity contribution in [1.29, 1.82) is 0 Å². The van der Waals surface area contributed by atoms with Gasteiger partial charge in [-0.3, -0.25) is 0 Å². The van der Waals surface area contributed by atoms with Crippen LogP contribution < -0.4 is 10.6 Å². The Labute approximate surface area is 201 Å². The van der Waals surface area contributed by atoms with Gasteiger partial charge in [-0.15, -0.1) is 0 Å². The van der Waals surface area contributed by atoms with Gasteiger partial charge in [0.05, 0.1) is 33.0 Å². The molecule has 0 unspecified atom stereocenters. The first-order valence-electron chi connectivity index (χ1n) is 12.1. The second-order valence-corrected chi connectivity index (χ2v) is 8.18. The molecule has 7 heteroatoms. The van der Waals surface area contributed by atoms with Crippen molar-refractivity contribution in [3.63, 3.8) is 0 Å². The Morgan fingerprint density at radius 2 is 1.47 bits per heavy atom. The molecular weight excluding hydrogens is 435 g/mol. The van der Waals surface area contributed by atoms with Gasteiger partial charge < -0.3 is 29.3 Å². The molecule has 34 heavy (non-hydrogen) atoms. The van der Waals surface area contributed by atoms with Crippen molar-refractivity contribution >= 4 is 11.0 Å². The number of nitrogens with one attached hydrogen (secondary N) is 2. The lowest BCUT2D eigenvalue weighted by molar-refractivity contribution is 0.0148. The fourth-order valence-electron chi connectivity index (χ4n) is 3.55. The van der Waals surface area contributed by atoms with E-state index in [0.717, 1.165) is 67.8 Å². The third-order valence-corrected chi connectivity index (χ3v) is 5.42. The number of ether oxygens (including phenoxy) is 3. The molecular formula is C27H37FN2O4. The summed E-state index contributed by atoms with van der Waals surface area (Å²) < 4.78 is 35.6. The molecule has 2 aromatic carbocycles. The maximum absolute atomic E-state index is 13.0. The van der Waals surface area contributed by atoms with E-state index < -0.39 is 0 Å². The molecule has 0 aliphatic carbocycles. The number of benzene rings is 2. The van der Waals surface area contributed by atoms with Crippen molar-refractivity contribution in [2.75, 3.05) is 59.8 Å². The molecule has 0 radical (unpaired) electrons. The van der Waals surface area contributed by atoms with Crippen LogP contribution in [0.25, 0.3) is 11.0 Å². The van der Waals surface area contributed by atoms with E-state index in [1.54, 1.807) is 0 Å². The summed E-state index contributed by atoms with van der Waals surface area (Å²) in [5, 5.41) is 7.59. The molecule has 3 aromatic rings. The van der Waals surface area contributed by atoms with Crippen LogP contribution in [0, 0.1) is 5.82 Å². The predicted molar refractivity (Wildman–Crippen MR) is 133 cm³/mol. The number of halogens is 1. The van der Waals surface area contributed by atoms with Gasteiger partial charge in [-0.1, -0.05) is 24.3 Å². The first-order valence-corrected chi connectivity index (χ1v) is 12.1. The molecule has 0 fully saturated rings. The van der Waals surface area contributed by atoms with Crippen LogP contribution in [-0.2, 0) is 33.6 Å². The van der Waals surface area contributed by atoms with Crippen LogP contribution >= 0.6 is 0 Å². The quantitative estimate of drug-likeness (QED) is 0.272. The first-order chi connectivity index (χ1) is 16.7. The topological polar surface area (TPSA) is 64.9 Å². The van der Waals surface area contributed by atoms with Crippen molar-refractivity contribution in [3.05, 3.63) is 71.2 Å². The van der Waals surface area contributed by atoms with Gasteiger partial charge in [-0.2, -0.15) is 0 Å². The molecule has 0 aliphatic heterocycles. The SMILES string of the molecule is CNCCCOCCOCCOCCNCc1ccc2cc(CCc3ccc(F)cc3)oc2c1. The molecule has 0 bridgehead atoms. The highest BCUT2D eigenvalue weighted by atomic mass is 19.1. The smallest absolute Gasteiger partial charge is 0.134 e. The van der Waals surface area contributed by atoms with Gasteiger partial charge in [-0.05, 0) is 61.8 Å². The van der Waals surface area contributed by atoms with Crippen LogP contribution in [0.15, 0.2) is 52.9 Å². The van der Waals surface area contributed by atoms with Gasteiger partial charge in [0.2, 0.25) is 0 Å². The summed E-state index contributed by atoms with van der Waals surface area (Å²) in [5.74, 6) is 0.738. The molecule has 6 nitrogen and oxygen atoms in total. The Morgan fingerprint density at radius 3 is 2.24 bits per heavy atom. The first kappa shape index (κ1) is 26.3. The highest BCUT2D eigenvalue weighted by molar-refractivity contribution is 5.78. The van der Waals surface area contributed by atoms with E-state index in [1.807, 2.05) is 19.2 Å². The fraction of sp³-hybridized carbons (Fsp3) is 0.481. The van der Waals surface area contributed by atoms with Crippen LogP contribution in [0.2, 0.25) is 0 Å². The van der Waals surface area contributed by atoms with Crippen molar-refractivity contribution in [1.82, 2.24) is 10.6 Å². The van der Waals surface area contributed by atoms with E-state index in [1.165, 1.54) is 17.7 Å². The van der Waals surface area contributed by atoms with Gasteiger partial charge in [0.15, 0.2) is 0 Å². The molecule has 0 saturated carbocycles. The molecule has 0 amide bonds. The van der Waals surface area contributed by atoms with Gasteiger partial charge in [0.25, 0.3) is 0 Å². The van der Waals surface area contributed by atoms with Crippen LogP contribution in [0.5, 0.6) is 0 Å². The highest BCUT2D eigenvalue weighted by Gasteiger charge is 2.06. The maximum Gasteiger partial charge on any atom is 0.134 e. The average Bonchev–Trinajstić information content (AvgIpc) is 3.26. The van der Waals surface area contributed by atoms with E-state index >= 15 is 0 Å². The van der Waals surface area contributed by atoms with Crippen LogP contribution in [0.3, 0.4) is 0 Å². The molecule has 1 heterocycles. The lowest BCUT2D eigenvalue weighted by atomic mass is 10.1. The Balaban J connectivity index is 1.24. The summed E-state index contributed by atoms with van der Waals surface area (Å²) in [4.78, 5) is 0. The Hall–Kier alpha value is -2.29. The molecule has 1 aromatic heterocycles. The van der Waals surface area contributed by atoms with Gasteiger partial charge >= 0.3 is 0 Å². The second-order valence-electron chi connectivity index (χ2n) is 8.18. The Morgan fingerprint density at radius 1 is 0.765 bits per heavy atom. The number of hydrogen-bond acceptors (Lipinski definition) is 6. The fourth-order valence-corrected chi connectivity index (χ4v) is 3.55. The minimum atomic E-state index is -0.207. The highest BCUT2D eigenvalue weighted by Crippen LogP contribution is 2.22. The number of rotatable bonds is 18. The van der Waals surface area contributed by atoms with Gasteiger partial charge in [0.1, 0.15) is 17.2 Å². The van der Waals surface area contributed by atoms with E-state index in [4.69, 9.17) is 18.6 Å². The molecule has 0 atom stereocenters. The molecule has 0 saturated heterocycles. The number of furan rings is 1. The molecule has 0 spiro atoms. The normalized spacial score (nSPS) is 11.5. The van der Waals surface area contributed by atoms with Gasteiger partial charge in [-0.25, -0.2) is 4.39 Å². The van der Waals surface area contributed by atoms with E-state index in [0.29, 0.717) is 33.0 Å². The standard InChI is InChI=1S/C27H37FN2O4/c1-29-11-2-13-31-15-17-33-18-16-32-14-12-30-21-23-3-7-24-20-26(34-27(24)19-23)10-6-22-4-8-25(28)9-5-22/h3-5,7-9,19-20,29-30H,2,6,10-18,21H2,1H3. The summed E-state index contributed by atoms with van der Waals surface area (Å²) in [6, 6.07) is 15.0. The molecule has 3 rings (SSSR count). The summed E-state index contributed by atoms with van der Waals surface area (Å²) >= 11 is 0. The maximum atomic E-state index is 13.0. The van der Waals surface area contributed by atoms with Crippen molar-refractivity contribution < 1.29 is 23.0 Å². The van der Waals surface area contributed by atoms with Crippen LogP contribution in [0.4, 0.5) is 4.39 Å². The van der Waals surface area contributed by atoms with Crippen LogP contribution in [-0.4, -0.2) is 59.8 Å². The molecule has 0 aliphatic rings. The van der Waals surface area contributed by atoms with Crippen molar-refractivity contribution in [2.24, 2.45) is 0 Å². The summed E-state index contributed by atoms with van der Waals surface area (Å²) in [5.41, 5.74) is 3.17. The second kappa shape index (κ2) is 15.6. The number of hydrogen-bond donors (Lipinski definition) is 2.